The van der Waals surface area contributed by atoms with Crippen LogP contribution in [0.2, 0.25) is 0 Å². The third kappa shape index (κ3) is 6.42. The summed E-state index contributed by atoms with van der Waals surface area (Å²) < 4.78 is 5.59. The SMILES string of the molecule is CC(NC(=O)[C@@H]1CC2(CC2)CN1C(=O)CNC(=O)CCCOc1ccccc1)c1cc(C(=N)N)cs1. The van der Waals surface area contributed by atoms with Crippen LogP contribution in [0, 0.1) is 10.8 Å². The van der Waals surface area contributed by atoms with Crippen LogP contribution in [0.4, 0.5) is 0 Å². The molecule has 4 rings (SSSR count). The van der Waals surface area contributed by atoms with E-state index in [1.807, 2.05) is 37.3 Å². The van der Waals surface area contributed by atoms with Gasteiger partial charge in [0.05, 0.1) is 19.2 Å². The third-order valence-corrected chi connectivity index (χ3v) is 7.92. The van der Waals surface area contributed by atoms with E-state index in [9.17, 15) is 14.4 Å². The number of hydrogen-bond donors (Lipinski definition) is 4. The van der Waals surface area contributed by atoms with E-state index in [1.54, 1.807) is 16.3 Å². The van der Waals surface area contributed by atoms with E-state index >= 15 is 0 Å². The van der Waals surface area contributed by atoms with Crippen molar-refractivity contribution in [3.8, 4) is 5.75 Å². The normalized spacial score (nSPS) is 18.5. The van der Waals surface area contributed by atoms with Crippen molar-refractivity contribution in [1.29, 1.82) is 5.41 Å². The number of carbonyl (C=O) groups excluding carboxylic acids is 3. The van der Waals surface area contributed by atoms with Gasteiger partial charge in [0.15, 0.2) is 0 Å². The molecule has 1 aliphatic heterocycles. The first kappa shape index (κ1) is 25.7. The van der Waals surface area contributed by atoms with Gasteiger partial charge in [0.2, 0.25) is 17.7 Å². The maximum Gasteiger partial charge on any atom is 0.243 e. The highest BCUT2D eigenvalue weighted by molar-refractivity contribution is 7.10. The molecule has 5 N–H and O–H groups in total. The summed E-state index contributed by atoms with van der Waals surface area (Å²) in [5, 5.41) is 15.1. The fraction of sp³-hybridized carbons (Fsp3) is 0.462. The Hall–Kier alpha value is -3.40. The molecule has 0 radical (unpaired) electrons. The Morgan fingerprint density at radius 2 is 2.03 bits per heavy atom. The first-order chi connectivity index (χ1) is 17.3. The monoisotopic (exact) mass is 511 g/mol. The molecular formula is C26H33N5O4S. The van der Waals surface area contributed by atoms with Crippen LogP contribution in [0.1, 0.15) is 55.5 Å². The van der Waals surface area contributed by atoms with Crippen molar-refractivity contribution in [2.45, 2.75) is 51.1 Å². The maximum atomic E-state index is 13.2. The number of rotatable bonds is 11. The average Bonchev–Trinajstić information content (AvgIpc) is 3.26. The summed E-state index contributed by atoms with van der Waals surface area (Å²) in [6.45, 7) is 2.72. The molecule has 1 saturated carbocycles. The first-order valence-electron chi connectivity index (χ1n) is 12.2. The van der Waals surface area contributed by atoms with Gasteiger partial charge in [0, 0.05) is 28.8 Å². The molecule has 9 nitrogen and oxygen atoms in total. The van der Waals surface area contributed by atoms with Gasteiger partial charge in [-0.25, -0.2) is 0 Å². The smallest absolute Gasteiger partial charge is 0.243 e. The predicted molar refractivity (Wildman–Crippen MR) is 138 cm³/mol. The zero-order valence-corrected chi connectivity index (χ0v) is 21.2. The molecule has 2 aliphatic rings. The molecule has 2 heterocycles. The molecule has 2 atom stereocenters. The van der Waals surface area contributed by atoms with E-state index < -0.39 is 6.04 Å². The van der Waals surface area contributed by atoms with Crippen molar-refractivity contribution in [3.63, 3.8) is 0 Å². The van der Waals surface area contributed by atoms with E-state index in [0.717, 1.165) is 23.5 Å². The highest BCUT2D eigenvalue weighted by Gasteiger charge is 2.55. The van der Waals surface area contributed by atoms with Crippen LogP contribution in [0.15, 0.2) is 41.8 Å². The lowest BCUT2D eigenvalue weighted by Gasteiger charge is -2.25. The lowest BCUT2D eigenvalue weighted by molar-refractivity contribution is -0.139. The number of thiophene rings is 1. The van der Waals surface area contributed by atoms with Gasteiger partial charge in [-0.1, -0.05) is 18.2 Å². The number of likely N-dealkylation sites (tertiary alicyclic amines) is 1. The van der Waals surface area contributed by atoms with Crippen LogP contribution in [0.5, 0.6) is 5.75 Å². The van der Waals surface area contributed by atoms with Gasteiger partial charge in [-0.3, -0.25) is 19.8 Å². The summed E-state index contributed by atoms with van der Waals surface area (Å²) in [5.74, 6) is 0.101. The summed E-state index contributed by atoms with van der Waals surface area (Å²) in [7, 11) is 0. The molecule has 2 fully saturated rings. The minimum atomic E-state index is -0.550. The number of benzene rings is 1. The number of nitrogens with zero attached hydrogens (tertiary/aromatic N) is 1. The van der Waals surface area contributed by atoms with Crippen molar-refractivity contribution < 1.29 is 19.1 Å². The third-order valence-electron chi connectivity index (χ3n) is 6.80. The Labute approximate surface area is 214 Å². The quantitative estimate of drug-likeness (QED) is 0.209. The van der Waals surface area contributed by atoms with Crippen molar-refractivity contribution >= 4 is 34.9 Å². The van der Waals surface area contributed by atoms with E-state index in [-0.39, 0.29) is 48.0 Å². The molecule has 1 aromatic carbocycles. The summed E-state index contributed by atoms with van der Waals surface area (Å²) in [5.41, 5.74) is 6.21. The Morgan fingerprint density at radius 1 is 1.28 bits per heavy atom. The van der Waals surface area contributed by atoms with Gasteiger partial charge in [0.25, 0.3) is 0 Å². The van der Waals surface area contributed by atoms with Crippen LogP contribution in [-0.2, 0) is 14.4 Å². The Bertz CT molecular complexity index is 1110. The second kappa shape index (κ2) is 11.1. The van der Waals surface area contributed by atoms with Gasteiger partial charge in [-0.15, -0.1) is 11.3 Å². The molecule has 1 saturated heterocycles. The molecule has 10 heteroatoms. The van der Waals surface area contributed by atoms with Gasteiger partial charge in [0.1, 0.15) is 17.6 Å². The fourth-order valence-electron chi connectivity index (χ4n) is 4.50. The fourth-order valence-corrected chi connectivity index (χ4v) is 5.41. The molecule has 1 aromatic heterocycles. The second-order valence-electron chi connectivity index (χ2n) is 9.67. The highest BCUT2D eigenvalue weighted by atomic mass is 32.1. The molecule has 1 spiro atoms. The minimum absolute atomic E-state index is 0.00923. The van der Waals surface area contributed by atoms with Crippen molar-refractivity contribution in [3.05, 3.63) is 52.2 Å². The van der Waals surface area contributed by atoms with Crippen molar-refractivity contribution in [2.24, 2.45) is 11.1 Å². The topological polar surface area (TPSA) is 138 Å². The lowest BCUT2D eigenvalue weighted by Crippen LogP contribution is -2.49. The maximum absolute atomic E-state index is 13.2. The second-order valence-corrected chi connectivity index (χ2v) is 10.6. The molecule has 1 unspecified atom stereocenters. The molecule has 3 amide bonds. The Kier molecular flexibility index (Phi) is 7.93. The van der Waals surface area contributed by atoms with Crippen molar-refractivity contribution in [1.82, 2.24) is 15.5 Å². The average molecular weight is 512 g/mol. The van der Waals surface area contributed by atoms with Gasteiger partial charge in [-0.05, 0) is 56.2 Å². The van der Waals surface area contributed by atoms with Crippen LogP contribution in [-0.4, -0.2) is 54.2 Å². The number of amides is 3. The van der Waals surface area contributed by atoms with E-state index in [4.69, 9.17) is 15.9 Å². The Balaban J connectivity index is 1.25. The number of nitrogen functional groups attached to an aromatic ring is 1. The first-order valence-corrected chi connectivity index (χ1v) is 13.1. The predicted octanol–water partition coefficient (Wildman–Crippen LogP) is 2.57. The number of para-hydroxylation sites is 1. The minimum Gasteiger partial charge on any atom is -0.494 e. The number of hydrogen-bond acceptors (Lipinski definition) is 6. The summed E-state index contributed by atoms with van der Waals surface area (Å²) >= 11 is 1.44. The molecule has 36 heavy (non-hydrogen) atoms. The number of ether oxygens (including phenoxy) is 1. The van der Waals surface area contributed by atoms with Crippen LogP contribution >= 0.6 is 11.3 Å². The molecular weight excluding hydrogens is 478 g/mol. The summed E-state index contributed by atoms with van der Waals surface area (Å²) in [6.07, 6.45) is 3.46. The van der Waals surface area contributed by atoms with Gasteiger partial charge >= 0.3 is 0 Å². The van der Waals surface area contributed by atoms with Crippen LogP contribution in [0.3, 0.4) is 0 Å². The van der Waals surface area contributed by atoms with Crippen LogP contribution in [0.25, 0.3) is 0 Å². The van der Waals surface area contributed by atoms with Gasteiger partial charge in [-0.2, -0.15) is 0 Å². The van der Waals surface area contributed by atoms with Crippen molar-refractivity contribution in [2.75, 3.05) is 19.7 Å². The number of carbonyl (C=O) groups is 3. The standard InChI is InChI=1S/C26H33N5O4S/c1-17(21-12-18(15-36-21)24(27)28)30-25(34)20-13-26(9-10-26)16-31(20)23(33)14-29-22(32)8-5-11-35-19-6-3-2-4-7-19/h2-4,6-7,12,15,17,20H,5,8-11,13-14,16H2,1H3,(H3,27,28)(H,29,32)(H,30,34)/t17?,20-/m0/s1. The Morgan fingerprint density at radius 3 is 2.69 bits per heavy atom. The molecule has 192 valence electrons. The van der Waals surface area contributed by atoms with Crippen LogP contribution < -0.4 is 21.1 Å². The molecule has 1 aliphatic carbocycles. The highest BCUT2D eigenvalue weighted by Crippen LogP contribution is 2.54. The largest absolute Gasteiger partial charge is 0.494 e. The number of nitrogens with one attached hydrogen (secondary N) is 3. The number of nitrogens with two attached hydrogens (primary N) is 1. The summed E-state index contributed by atoms with van der Waals surface area (Å²) in [6, 6.07) is 10.4. The number of amidine groups is 1. The van der Waals surface area contributed by atoms with Gasteiger partial charge < -0.3 is 26.0 Å². The zero-order chi connectivity index (χ0) is 25.7. The molecule has 2 aromatic rings. The zero-order valence-electron chi connectivity index (χ0n) is 20.4. The lowest BCUT2D eigenvalue weighted by atomic mass is 10.0. The van der Waals surface area contributed by atoms with E-state index in [1.165, 1.54) is 11.3 Å². The van der Waals surface area contributed by atoms with E-state index in [0.29, 0.717) is 31.6 Å². The molecule has 0 bridgehead atoms. The van der Waals surface area contributed by atoms with E-state index in [2.05, 4.69) is 10.6 Å². The summed E-state index contributed by atoms with van der Waals surface area (Å²) in [4.78, 5) is 40.9.